The van der Waals surface area contributed by atoms with E-state index in [1.54, 1.807) is 6.07 Å². The lowest BCUT2D eigenvalue weighted by Crippen LogP contribution is -2.41. The Kier molecular flexibility index (Phi) is 3.73. The largest absolute Gasteiger partial charge is 0.480 e. The third kappa shape index (κ3) is 3.72. The number of nitrogens with one attached hydrogen (secondary N) is 1. The van der Waals surface area contributed by atoms with Crippen LogP contribution < -0.4 is 5.32 Å². The molecule has 1 rings (SSSR count). The Labute approximate surface area is 86.4 Å². The van der Waals surface area contributed by atoms with Gasteiger partial charge in [-0.3, -0.25) is 4.79 Å². The first-order valence-corrected chi connectivity index (χ1v) is 4.35. The summed E-state index contributed by atoms with van der Waals surface area (Å²) in [6, 6.07) is 0.655. The van der Waals surface area contributed by atoms with E-state index in [1.807, 2.05) is 0 Å². The quantitative estimate of drug-likeness (QED) is 0.704. The Morgan fingerprint density at radius 1 is 1.47 bits per heavy atom. The van der Waals surface area contributed by atoms with Gasteiger partial charge in [-0.1, -0.05) is 0 Å². The summed E-state index contributed by atoms with van der Waals surface area (Å²) in [5.41, 5.74) is 0. The molecule has 1 aromatic heterocycles. The summed E-state index contributed by atoms with van der Waals surface area (Å²) in [7, 11) is 0. The van der Waals surface area contributed by atoms with Crippen molar-refractivity contribution in [2.45, 2.75) is 19.4 Å². The molecular formula is C9H11N3O3. The zero-order valence-electron chi connectivity index (χ0n) is 8.17. The van der Waals surface area contributed by atoms with Crippen LogP contribution in [-0.2, 0) is 16.0 Å². The van der Waals surface area contributed by atoms with Gasteiger partial charge in [-0.2, -0.15) is 0 Å². The summed E-state index contributed by atoms with van der Waals surface area (Å²) in [5, 5.41) is 11.1. The van der Waals surface area contributed by atoms with Crippen molar-refractivity contribution in [1.29, 1.82) is 0 Å². The standard InChI is InChI=1S/C9H11N3O3/c1-6(13)12-7(9(14)15)5-8-10-3-2-4-11-8/h2-4,7H,5H2,1H3,(H,12,13)(H,14,15)/t7-/m0/s1. The first-order valence-electron chi connectivity index (χ1n) is 4.35. The van der Waals surface area contributed by atoms with Crippen LogP contribution in [0, 0.1) is 0 Å². The zero-order valence-corrected chi connectivity index (χ0v) is 8.17. The molecule has 0 spiro atoms. The number of carbonyl (C=O) groups is 2. The van der Waals surface area contributed by atoms with Crippen LogP contribution in [0.15, 0.2) is 18.5 Å². The van der Waals surface area contributed by atoms with Crippen LogP contribution in [0.4, 0.5) is 0 Å². The highest BCUT2D eigenvalue weighted by Crippen LogP contribution is 1.96. The van der Waals surface area contributed by atoms with Gasteiger partial charge in [0.2, 0.25) is 5.91 Å². The summed E-state index contributed by atoms with van der Waals surface area (Å²) in [6.45, 7) is 1.27. The second-order valence-electron chi connectivity index (χ2n) is 2.96. The Bertz CT molecular complexity index is 353. The molecule has 0 saturated heterocycles. The third-order valence-electron chi connectivity index (χ3n) is 1.68. The van der Waals surface area contributed by atoms with Crippen molar-refractivity contribution < 1.29 is 14.7 Å². The maximum atomic E-state index is 10.8. The van der Waals surface area contributed by atoms with Crippen LogP contribution in [0.5, 0.6) is 0 Å². The summed E-state index contributed by atoms with van der Waals surface area (Å²) in [6.07, 6.45) is 3.12. The molecule has 0 saturated carbocycles. The number of carboxylic acids is 1. The molecule has 2 N–H and O–H groups in total. The number of aromatic nitrogens is 2. The van der Waals surface area contributed by atoms with Crippen molar-refractivity contribution >= 4 is 11.9 Å². The molecule has 0 aliphatic carbocycles. The van der Waals surface area contributed by atoms with E-state index >= 15 is 0 Å². The van der Waals surface area contributed by atoms with E-state index in [1.165, 1.54) is 19.3 Å². The van der Waals surface area contributed by atoms with Gasteiger partial charge in [-0.25, -0.2) is 14.8 Å². The van der Waals surface area contributed by atoms with Crippen LogP contribution in [0.1, 0.15) is 12.7 Å². The topological polar surface area (TPSA) is 92.2 Å². The van der Waals surface area contributed by atoms with E-state index in [9.17, 15) is 9.59 Å². The van der Waals surface area contributed by atoms with Crippen LogP contribution in [0.25, 0.3) is 0 Å². The molecule has 0 aliphatic rings. The molecule has 15 heavy (non-hydrogen) atoms. The summed E-state index contributed by atoms with van der Waals surface area (Å²) < 4.78 is 0. The molecule has 0 bridgehead atoms. The first-order chi connectivity index (χ1) is 7.09. The lowest BCUT2D eigenvalue weighted by atomic mass is 10.2. The molecule has 6 heteroatoms. The third-order valence-corrected chi connectivity index (χ3v) is 1.68. The van der Waals surface area contributed by atoms with E-state index in [0.29, 0.717) is 5.82 Å². The maximum Gasteiger partial charge on any atom is 0.326 e. The Hall–Kier alpha value is -1.98. The minimum atomic E-state index is -1.10. The van der Waals surface area contributed by atoms with Crippen LogP contribution in [0.2, 0.25) is 0 Å². The molecule has 80 valence electrons. The molecule has 1 aromatic rings. The van der Waals surface area contributed by atoms with E-state index in [-0.39, 0.29) is 6.42 Å². The van der Waals surface area contributed by atoms with Crippen molar-refractivity contribution in [1.82, 2.24) is 15.3 Å². The Morgan fingerprint density at radius 2 is 2.07 bits per heavy atom. The maximum absolute atomic E-state index is 10.8. The predicted molar refractivity (Wildman–Crippen MR) is 51.0 cm³/mol. The van der Waals surface area contributed by atoms with Gasteiger partial charge in [0.25, 0.3) is 0 Å². The molecular weight excluding hydrogens is 198 g/mol. The predicted octanol–water partition coefficient (Wildman–Crippen LogP) is -0.392. The fourth-order valence-electron chi connectivity index (χ4n) is 1.06. The monoisotopic (exact) mass is 209 g/mol. The van der Waals surface area contributed by atoms with Gasteiger partial charge in [-0.15, -0.1) is 0 Å². The van der Waals surface area contributed by atoms with Crippen molar-refractivity contribution in [3.05, 3.63) is 24.3 Å². The Balaban J connectivity index is 2.67. The number of aliphatic carboxylic acids is 1. The Morgan fingerprint density at radius 3 is 2.53 bits per heavy atom. The molecule has 1 heterocycles. The fraction of sp³-hybridized carbons (Fsp3) is 0.333. The molecule has 0 aromatic carbocycles. The van der Waals surface area contributed by atoms with Gasteiger partial charge in [0.05, 0.1) is 0 Å². The molecule has 0 fully saturated rings. The van der Waals surface area contributed by atoms with E-state index in [4.69, 9.17) is 5.11 Å². The minimum absolute atomic E-state index is 0.0791. The van der Waals surface area contributed by atoms with Crippen molar-refractivity contribution in [3.8, 4) is 0 Å². The number of carbonyl (C=O) groups excluding carboxylic acids is 1. The molecule has 6 nitrogen and oxygen atoms in total. The molecule has 1 atom stereocenters. The average molecular weight is 209 g/mol. The van der Waals surface area contributed by atoms with Crippen molar-refractivity contribution in [2.24, 2.45) is 0 Å². The number of hydrogen-bond acceptors (Lipinski definition) is 4. The van der Waals surface area contributed by atoms with Crippen molar-refractivity contribution in [3.63, 3.8) is 0 Å². The van der Waals surface area contributed by atoms with Crippen LogP contribution >= 0.6 is 0 Å². The average Bonchev–Trinajstić information content (AvgIpc) is 2.17. The van der Waals surface area contributed by atoms with E-state index in [2.05, 4.69) is 15.3 Å². The highest BCUT2D eigenvalue weighted by atomic mass is 16.4. The SMILES string of the molecule is CC(=O)N[C@@H](Cc1ncccn1)C(=O)O. The lowest BCUT2D eigenvalue weighted by molar-refractivity contribution is -0.141. The van der Waals surface area contributed by atoms with Gasteiger partial charge in [0.1, 0.15) is 11.9 Å². The fourth-order valence-corrected chi connectivity index (χ4v) is 1.06. The highest BCUT2D eigenvalue weighted by molar-refractivity contribution is 5.82. The first kappa shape index (κ1) is 11.1. The number of hydrogen-bond donors (Lipinski definition) is 2. The summed E-state index contributed by atoms with van der Waals surface area (Å²) in [4.78, 5) is 29.3. The van der Waals surface area contributed by atoms with E-state index < -0.39 is 17.9 Å². The molecule has 0 radical (unpaired) electrons. The van der Waals surface area contributed by atoms with Crippen LogP contribution in [-0.4, -0.2) is 33.0 Å². The second kappa shape index (κ2) is 5.04. The smallest absolute Gasteiger partial charge is 0.326 e. The van der Waals surface area contributed by atoms with Gasteiger partial charge < -0.3 is 10.4 Å². The van der Waals surface area contributed by atoms with Crippen molar-refractivity contribution in [2.75, 3.05) is 0 Å². The normalized spacial score (nSPS) is 11.8. The number of rotatable bonds is 4. The second-order valence-corrected chi connectivity index (χ2v) is 2.96. The molecule has 1 amide bonds. The minimum Gasteiger partial charge on any atom is -0.480 e. The molecule has 0 aliphatic heterocycles. The van der Waals surface area contributed by atoms with Gasteiger partial charge in [0, 0.05) is 25.7 Å². The highest BCUT2D eigenvalue weighted by Gasteiger charge is 2.19. The lowest BCUT2D eigenvalue weighted by Gasteiger charge is -2.11. The van der Waals surface area contributed by atoms with E-state index in [0.717, 1.165) is 0 Å². The number of carboxylic acid groups (broad SMARTS) is 1. The summed E-state index contributed by atoms with van der Waals surface area (Å²) >= 11 is 0. The van der Waals surface area contributed by atoms with Gasteiger partial charge >= 0.3 is 5.97 Å². The number of amides is 1. The summed E-state index contributed by atoms with van der Waals surface area (Å²) in [5.74, 6) is -1.10. The zero-order chi connectivity index (χ0) is 11.3. The van der Waals surface area contributed by atoms with Gasteiger partial charge in [-0.05, 0) is 6.07 Å². The molecule has 0 unspecified atom stereocenters. The number of nitrogens with zero attached hydrogens (tertiary/aromatic N) is 2. The van der Waals surface area contributed by atoms with Gasteiger partial charge in [0.15, 0.2) is 0 Å². The van der Waals surface area contributed by atoms with Crippen LogP contribution in [0.3, 0.4) is 0 Å².